The molecule has 2 aliphatic rings. The third kappa shape index (κ3) is 6.02. The van der Waals surface area contributed by atoms with E-state index in [-0.39, 0.29) is 12.1 Å². The monoisotopic (exact) mass is 488 g/mol. The van der Waals surface area contributed by atoms with Crippen LogP contribution >= 0.6 is 0 Å². The van der Waals surface area contributed by atoms with Gasteiger partial charge in [-0.25, -0.2) is 8.78 Å². The van der Waals surface area contributed by atoms with E-state index in [1.165, 1.54) is 6.42 Å². The van der Waals surface area contributed by atoms with E-state index in [0.29, 0.717) is 13.0 Å². The summed E-state index contributed by atoms with van der Waals surface area (Å²) in [6.45, 7) is 7.99. The third-order valence-corrected chi connectivity index (χ3v) is 7.48. The molecule has 0 radical (unpaired) electrons. The van der Waals surface area contributed by atoms with E-state index in [2.05, 4.69) is 11.8 Å². The first-order chi connectivity index (χ1) is 16.7. The van der Waals surface area contributed by atoms with Crippen molar-refractivity contribution < 1.29 is 23.7 Å². The minimum absolute atomic E-state index is 0.159. The zero-order valence-electron chi connectivity index (χ0n) is 21.0. The summed E-state index contributed by atoms with van der Waals surface area (Å²) >= 11 is 0. The van der Waals surface area contributed by atoms with Gasteiger partial charge in [-0.15, -0.1) is 0 Å². The lowest BCUT2D eigenvalue weighted by Crippen LogP contribution is -2.49. The van der Waals surface area contributed by atoms with Gasteiger partial charge in [0.15, 0.2) is 0 Å². The Kier molecular flexibility index (Phi) is 8.11. The van der Waals surface area contributed by atoms with Crippen LogP contribution in [0.2, 0.25) is 0 Å². The Bertz CT molecular complexity index is 977. The molecule has 0 unspecified atom stereocenters. The molecule has 0 saturated carbocycles. The standard InChI is InChI=1S/C28H38F2N2O3/c1-4-21-15-31(16-21)11-12-35-25-8-5-22(6-9-25)27-26-10-7-23(20(3)34)14-24(26)13-19(2)32(27)17-28(29,30)18-33/h5-10,14,19-21,27,33-34H,4,11-13,15-18H2,1-3H3/t19-,20-,27-/m0/s1. The Morgan fingerprint density at radius 2 is 1.86 bits per heavy atom. The fraction of sp³-hybridized carbons (Fsp3) is 0.571. The molecule has 2 heterocycles. The Morgan fingerprint density at radius 3 is 2.49 bits per heavy atom. The Morgan fingerprint density at radius 1 is 1.14 bits per heavy atom. The van der Waals surface area contributed by atoms with E-state index in [9.17, 15) is 19.0 Å². The SMILES string of the molecule is CCC1CN(CCOc2ccc([C@H]3c4ccc([C@H](C)O)cc4C[C@H](C)N3CC(F)(F)CO)cc2)C1. The number of rotatable bonds is 10. The molecule has 4 rings (SSSR count). The third-order valence-electron chi connectivity index (χ3n) is 7.48. The number of nitrogens with zero attached hydrogens (tertiary/aromatic N) is 2. The van der Waals surface area contributed by atoms with Crippen LogP contribution in [0.15, 0.2) is 42.5 Å². The summed E-state index contributed by atoms with van der Waals surface area (Å²) in [4.78, 5) is 4.17. The molecule has 0 amide bonds. The van der Waals surface area contributed by atoms with Gasteiger partial charge in [0.25, 0.3) is 5.92 Å². The molecule has 3 atom stereocenters. The van der Waals surface area contributed by atoms with E-state index >= 15 is 0 Å². The second-order valence-corrected chi connectivity index (χ2v) is 10.2. The summed E-state index contributed by atoms with van der Waals surface area (Å²) in [5.41, 5.74) is 3.74. The molecular formula is C28H38F2N2O3. The van der Waals surface area contributed by atoms with Crippen molar-refractivity contribution in [3.63, 3.8) is 0 Å². The van der Waals surface area contributed by atoms with Gasteiger partial charge < -0.3 is 14.9 Å². The van der Waals surface area contributed by atoms with Gasteiger partial charge in [0.05, 0.1) is 18.7 Å². The topological polar surface area (TPSA) is 56.2 Å². The maximum absolute atomic E-state index is 14.3. The van der Waals surface area contributed by atoms with Crippen molar-refractivity contribution >= 4 is 0 Å². The van der Waals surface area contributed by atoms with Crippen LogP contribution in [-0.4, -0.2) is 71.4 Å². The number of hydrogen-bond acceptors (Lipinski definition) is 5. The van der Waals surface area contributed by atoms with Crippen molar-refractivity contribution in [2.75, 3.05) is 39.4 Å². The van der Waals surface area contributed by atoms with Crippen molar-refractivity contribution in [2.24, 2.45) is 5.92 Å². The number of hydrogen-bond donors (Lipinski definition) is 2. The van der Waals surface area contributed by atoms with E-state index in [1.807, 2.05) is 49.4 Å². The van der Waals surface area contributed by atoms with Crippen LogP contribution in [0.4, 0.5) is 8.78 Å². The maximum atomic E-state index is 14.3. The van der Waals surface area contributed by atoms with Crippen molar-refractivity contribution in [1.29, 1.82) is 0 Å². The van der Waals surface area contributed by atoms with Gasteiger partial charge in [0, 0.05) is 25.7 Å². The van der Waals surface area contributed by atoms with Crippen LogP contribution in [-0.2, 0) is 6.42 Å². The number of aliphatic hydroxyl groups excluding tert-OH is 2. The first kappa shape index (κ1) is 26.0. The molecule has 0 aromatic heterocycles. The predicted octanol–water partition coefficient (Wildman–Crippen LogP) is 4.42. The van der Waals surface area contributed by atoms with Crippen LogP contribution in [0.1, 0.15) is 61.6 Å². The first-order valence-corrected chi connectivity index (χ1v) is 12.7. The lowest BCUT2D eigenvalue weighted by molar-refractivity contribution is -0.0862. The molecule has 0 spiro atoms. The first-order valence-electron chi connectivity index (χ1n) is 12.7. The molecule has 0 aliphatic carbocycles. The van der Waals surface area contributed by atoms with Gasteiger partial charge in [-0.1, -0.05) is 43.7 Å². The second-order valence-electron chi connectivity index (χ2n) is 10.2. The van der Waals surface area contributed by atoms with Crippen molar-refractivity contribution in [3.8, 4) is 5.75 Å². The fourth-order valence-corrected chi connectivity index (χ4v) is 5.29. The molecule has 1 saturated heterocycles. The summed E-state index contributed by atoms with van der Waals surface area (Å²) in [6.07, 6.45) is 1.24. The smallest absolute Gasteiger partial charge is 0.283 e. The van der Waals surface area contributed by atoms with Gasteiger partial charge in [-0.3, -0.25) is 9.80 Å². The van der Waals surface area contributed by atoms with Crippen LogP contribution in [0, 0.1) is 5.92 Å². The number of ether oxygens (including phenoxy) is 1. The molecule has 0 bridgehead atoms. The molecule has 1 fully saturated rings. The van der Waals surface area contributed by atoms with E-state index in [1.54, 1.807) is 11.8 Å². The highest BCUT2D eigenvalue weighted by Gasteiger charge is 2.40. The van der Waals surface area contributed by atoms with Gasteiger partial charge >= 0.3 is 0 Å². The number of likely N-dealkylation sites (tertiary alicyclic amines) is 1. The molecule has 2 aromatic carbocycles. The molecule has 2 aliphatic heterocycles. The molecule has 2 aromatic rings. The van der Waals surface area contributed by atoms with Crippen LogP contribution in [0.3, 0.4) is 0 Å². The number of aliphatic hydroxyl groups is 2. The second kappa shape index (κ2) is 10.9. The summed E-state index contributed by atoms with van der Waals surface area (Å²) < 4.78 is 34.6. The average molecular weight is 489 g/mol. The quantitative estimate of drug-likeness (QED) is 0.519. The highest BCUT2D eigenvalue weighted by atomic mass is 19.3. The van der Waals surface area contributed by atoms with Gasteiger partial charge in [0.1, 0.15) is 19.0 Å². The minimum Gasteiger partial charge on any atom is -0.492 e. The van der Waals surface area contributed by atoms with Crippen LogP contribution in [0.5, 0.6) is 5.75 Å². The Balaban J connectivity index is 1.54. The maximum Gasteiger partial charge on any atom is 0.283 e. The number of benzene rings is 2. The number of fused-ring (bicyclic) bond motifs is 1. The number of alkyl halides is 2. The zero-order valence-corrected chi connectivity index (χ0v) is 21.0. The molecular weight excluding hydrogens is 450 g/mol. The molecule has 35 heavy (non-hydrogen) atoms. The molecule has 5 nitrogen and oxygen atoms in total. The normalized spacial score (nSPS) is 22.5. The largest absolute Gasteiger partial charge is 0.492 e. The van der Waals surface area contributed by atoms with Crippen LogP contribution < -0.4 is 4.74 Å². The van der Waals surface area contributed by atoms with Gasteiger partial charge in [-0.2, -0.15) is 0 Å². The summed E-state index contributed by atoms with van der Waals surface area (Å²) in [5, 5.41) is 19.3. The fourth-order valence-electron chi connectivity index (χ4n) is 5.29. The Hall–Kier alpha value is -2.06. The van der Waals surface area contributed by atoms with Crippen LogP contribution in [0.25, 0.3) is 0 Å². The lowest BCUT2D eigenvalue weighted by atomic mass is 9.83. The summed E-state index contributed by atoms with van der Waals surface area (Å²) in [6, 6.07) is 13.0. The Labute approximate surface area is 207 Å². The van der Waals surface area contributed by atoms with Crippen molar-refractivity contribution in [3.05, 3.63) is 64.7 Å². The van der Waals surface area contributed by atoms with Gasteiger partial charge in [-0.05, 0) is 60.6 Å². The summed E-state index contributed by atoms with van der Waals surface area (Å²) in [5.74, 6) is -1.62. The highest BCUT2D eigenvalue weighted by molar-refractivity contribution is 5.44. The lowest BCUT2D eigenvalue weighted by Gasteiger charge is -2.43. The predicted molar refractivity (Wildman–Crippen MR) is 133 cm³/mol. The zero-order chi connectivity index (χ0) is 25.2. The highest BCUT2D eigenvalue weighted by Crippen LogP contribution is 2.40. The van der Waals surface area contributed by atoms with Crippen molar-refractivity contribution in [2.45, 2.75) is 57.7 Å². The average Bonchev–Trinajstić information content (AvgIpc) is 2.81. The molecule has 7 heteroatoms. The van der Waals surface area contributed by atoms with Crippen molar-refractivity contribution in [1.82, 2.24) is 9.80 Å². The number of halogens is 2. The molecule has 2 N–H and O–H groups in total. The minimum atomic E-state index is -3.19. The molecule has 192 valence electrons. The van der Waals surface area contributed by atoms with Gasteiger partial charge in [0.2, 0.25) is 0 Å². The van der Waals surface area contributed by atoms with E-state index < -0.39 is 25.2 Å². The van der Waals surface area contributed by atoms with E-state index in [0.717, 1.165) is 53.6 Å². The summed E-state index contributed by atoms with van der Waals surface area (Å²) in [7, 11) is 0. The van der Waals surface area contributed by atoms with E-state index in [4.69, 9.17) is 4.74 Å².